The number of nitrogens with two attached hydrogens (primary N) is 1. The number of benzene rings is 3. The van der Waals surface area contributed by atoms with Gasteiger partial charge in [-0.05, 0) is 47.5 Å². The van der Waals surface area contributed by atoms with Crippen molar-refractivity contribution in [2.45, 2.75) is 25.8 Å². The molecule has 6 rings (SSSR count). The van der Waals surface area contributed by atoms with Crippen LogP contribution in [-0.2, 0) is 29.2 Å². The molecule has 3 heterocycles. The van der Waals surface area contributed by atoms with Gasteiger partial charge < -0.3 is 20.1 Å². The predicted octanol–water partition coefficient (Wildman–Crippen LogP) is 3.69. The molecule has 44 heavy (non-hydrogen) atoms. The van der Waals surface area contributed by atoms with Gasteiger partial charge in [-0.2, -0.15) is 0 Å². The van der Waals surface area contributed by atoms with Crippen LogP contribution in [-0.4, -0.2) is 62.6 Å². The minimum Gasteiger partial charge on any atom is -0.359 e. The number of nitrogens with zero attached hydrogens (tertiary/aromatic N) is 5. The van der Waals surface area contributed by atoms with Crippen molar-refractivity contribution in [2.75, 3.05) is 19.6 Å². The molecule has 1 fully saturated rings. The number of nitrogens with one attached hydrogen (secondary N) is 1. The van der Waals surface area contributed by atoms with Crippen molar-refractivity contribution in [3.8, 4) is 11.3 Å². The molecule has 1 saturated heterocycles. The molecule has 0 saturated carbocycles. The summed E-state index contributed by atoms with van der Waals surface area (Å²) in [6.45, 7) is 1.09. The molecular formula is C33H32FN7O3. The van der Waals surface area contributed by atoms with E-state index in [4.69, 9.17) is 10.3 Å². The minimum absolute atomic E-state index is 0.0601. The highest BCUT2D eigenvalue weighted by Crippen LogP contribution is 2.22. The lowest BCUT2D eigenvalue weighted by Crippen LogP contribution is -2.62. The van der Waals surface area contributed by atoms with Gasteiger partial charge in [0, 0.05) is 36.3 Å². The predicted molar refractivity (Wildman–Crippen MR) is 162 cm³/mol. The van der Waals surface area contributed by atoms with Crippen LogP contribution in [0.2, 0.25) is 0 Å². The van der Waals surface area contributed by atoms with Gasteiger partial charge in [0.05, 0.1) is 31.3 Å². The van der Waals surface area contributed by atoms with Crippen molar-refractivity contribution in [2.24, 2.45) is 5.73 Å². The van der Waals surface area contributed by atoms with E-state index in [1.54, 1.807) is 34.3 Å². The summed E-state index contributed by atoms with van der Waals surface area (Å²) in [5.41, 5.74) is 13.9. The van der Waals surface area contributed by atoms with Crippen LogP contribution >= 0.6 is 0 Å². The molecule has 0 aliphatic carbocycles. The number of pyridine rings is 1. The summed E-state index contributed by atoms with van der Waals surface area (Å²) in [5, 5.41) is 6.81. The van der Waals surface area contributed by atoms with Crippen molar-refractivity contribution in [3.63, 3.8) is 0 Å². The number of hydrazine groups is 1. The van der Waals surface area contributed by atoms with E-state index in [9.17, 15) is 14.0 Å². The Labute approximate surface area is 253 Å². The van der Waals surface area contributed by atoms with E-state index < -0.39 is 6.17 Å². The van der Waals surface area contributed by atoms with Gasteiger partial charge in [-0.15, -0.1) is 0 Å². The second-order valence-corrected chi connectivity index (χ2v) is 10.7. The van der Waals surface area contributed by atoms with E-state index >= 15 is 0 Å². The molecule has 3 aromatic carbocycles. The number of piperazine rings is 1. The first kappa shape index (κ1) is 29.1. The van der Waals surface area contributed by atoms with Crippen LogP contribution in [0.5, 0.6) is 0 Å². The van der Waals surface area contributed by atoms with Crippen LogP contribution in [0, 0.1) is 5.82 Å². The monoisotopic (exact) mass is 593 g/mol. The third-order valence-corrected chi connectivity index (χ3v) is 7.60. The Kier molecular flexibility index (Phi) is 8.69. The number of hydrogen-bond acceptors (Lipinski definition) is 8. The first-order valence-electron chi connectivity index (χ1n) is 14.3. The second-order valence-electron chi connectivity index (χ2n) is 10.7. The SMILES string of the molecule is NC1CN(Cc2cccc3ncccc23)C(=O)CN1C(=O)CN(Cc1cc(-c2ccc(F)cc2)no1)NCc1ccccc1. The topological polar surface area (TPSA) is 121 Å². The smallest absolute Gasteiger partial charge is 0.242 e. The number of halogens is 1. The second kappa shape index (κ2) is 13.1. The molecule has 2 aromatic heterocycles. The van der Waals surface area contributed by atoms with Gasteiger partial charge in [-0.1, -0.05) is 53.7 Å². The Balaban J connectivity index is 1.13. The highest BCUT2D eigenvalue weighted by Gasteiger charge is 2.34. The van der Waals surface area contributed by atoms with E-state index in [1.807, 2.05) is 60.7 Å². The maximum absolute atomic E-state index is 13.6. The molecule has 0 radical (unpaired) electrons. The zero-order valence-corrected chi connectivity index (χ0v) is 24.0. The molecule has 1 aliphatic heterocycles. The van der Waals surface area contributed by atoms with Crippen LogP contribution < -0.4 is 11.2 Å². The fraction of sp³-hybridized carbons (Fsp3) is 0.212. The van der Waals surface area contributed by atoms with E-state index in [2.05, 4.69) is 15.6 Å². The number of rotatable bonds is 10. The average molecular weight is 594 g/mol. The van der Waals surface area contributed by atoms with Crippen molar-refractivity contribution in [1.82, 2.24) is 30.4 Å². The highest BCUT2D eigenvalue weighted by atomic mass is 19.1. The van der Waals surface area contributed by atoms with Crippen molar-refractivity contribution < 1.29 is 18.5 Å². The molecule has 10 nitrogen and oxygen atoms in total. The number of carbonyl (C=O) groups is 2. The Hall–Kier alpha value is -4.97. The van der Waals surface area contributed by atoms with Gasteiger partial charge in [0.2, 0.25) is 11.8 Å². The number of amides is 2. The Morgan fingerprint density at radius 1 is 1.05 bits per heavy atom. The molecule has 3 N–H and O–H groups in total. The van der Waals surface area contributed by atoms with E-state index in [1.165, 1.54) is 17.0 Å². The summed E-state index contributed by atoms with van der Waals surface area (Å²) < 4.78 is 18.9. The molecule has 0 bridgehead atoms. The van der Waals surface area contributed by atoms with Crippen LogP contribution in [0.1, 0.15) is 16.9 Å². The van der Waals surface area contributed by atoms with Gasteiger partial charge in [0.25, 0.3) is 0 Å². The van der Waals surface area contributed by atoms with Gasteiger partial charge in [0.15, 0.2) is 5.76 Å². The Morgan fingerprint density at radius 3 is 2.68 bits per heavy atom. The summed E-state index contributed by atoms with van der Waals surface area (Å²) in [5.74, 6) is -0.300. The molecule has 1 aliphatic rings. The summed E-state index contributed by atoms with van der Waals surface area (Å²) in [4.78, 5) is 34.3. The number of aromatic nitrogens is 2. The Morgan fingerprint density at radius 2 is 1.86 bits per heavy atom. The fourth-order valence-corrected chi connectivity index (χ4v) is 5.28. The lowest BCUT2D eigenvalue weighted by atomic mass is 10.1. The van der Waals surface area contributed by atoms with Crippen molar-refractivity contribution in [3.05, 3.63) is 120 Å². The lowest BCUT2D eigenvalue weighted by molar-refractivity contribution is -0.150. The standard InChI is InChI=1S/C33H32FN7O3/c34-26-13-11-24(12-14-26)30-16-27(44-38-30)19-40(37-17-23-6-2-1-3-7-23)21-33(43)41-22-32(42)39(20-31(41)35)18-25-8-4-10-29-28(25)9-5-15-36-29/h1-16,31,37H,17-22,35H2. The number of carbonyl (C=O) groups excluding carboxylic acids is 2. The zero-order valence-electron chi connectivity index (χ0n) is 24.0. The maximum Gasteiger partial charge on any atom is 0.242 e. The fourth-order valence-electron chi connectivity index (χ4n) is 5.28. The van der Waals surface area contributed by atoms with E-state index in [-0.39, 0.29) is 43.8 Å². The summed E-state index contributed by atoms with van der Waals surface area (Å²) in [6.07, 6.45) is 1.07. The molecule has 0 spiro atoms. The first-order chi connectivity index (χ1) is 21.4. The minimum atomic E-state index is -0.667. The molecule has 224 valence electrons. The van der Waals surface area contributed by atoms with Crippen molar-refractivity contribution in [1.29, 1.82) is 0 Å². The highest BCUT2D eigenvalue weighted by molar-refractivity contribution is 5.88. The molecule has 5 aromatic rings. The third kappa shape index (κ3) is 6.81. The average Bonchev–Trinajstić information content (AvgIpc) is 3.51. The molecular weight excluding hydrogens is 561 g/mol. The maximum atomic E-state index is 13.6. The van der Waals surface area contributed by atoms with Gasteiger partial charge in [0.1, 0.15) is 18.1 Å². The van der Waals surface area contributed by atoms with Crippen LogP contribution in [0.15, 0.2) is 102 Å². The van der Waals surface area contributed by atoms with Crippen LogP contribution in [0.3, 0.4) is 0 Å². The van der Waals surface area contributed by atoms with E-state index in [0.29, 0.717) is 30.1 Å². The third-order valence-electron chi connectivity index (χ3n) is 7.60. The van der Waals surface area contributed by atoms with Gasteiger partial charge >= 0.3 is 0 Å². The summed E-state index contributed by atoms with van der Waals surface area (Å²) in [6, 6.07) is 27.2. The van der Waals surface area contributed by atoms with Crippen molar-refractivity contribution >= 4 is 22.7 Å². The zero-order chi connectivity index (χ0) is 30.5. The van der Waals surface area contributed by atoms with Gasteiger partial charge in [-0.3, -0.25) is 14.6 Å². The molecule has 1 atom stereocenters. The van der Waals surface area contributed by atoms with Crippen LogP contribution in [0.25, 0.3) is 22.2 Å². The van der Waals surface area contributed by atoms with Crippen LogP contribution in [0.4, 0.5) is 4.39 Å². The lowest BCUT2D eigenvalue weighted by Gasteiger charge is -2.40. The Bertz CT molecular complexity index is 1740. The molecule has 11 heteroatoms. The molecule has 2 amide bonds. The number of fused-ring (bicyclic) bond motifs is 1. The summed E-state index contributed by atoms with van der Waals surface area (Å²) in [7, 11) is 0. The normalized spacial score (nSPS) is 15.3. The number of hydrogen-bond donors (Lipinski definition) is 2. The van der Waals surface area contributed by atoms with E-state index in [0.717, 1.165) is 22.0 Å². The van der Waals surface area contributed by atoms with Gasteiger partial charge in [-0.25, -0.2) is 14.8 Å². The molecule has 1 unspecified atom stereocenters. The quantitative estimate of drug-likeness (QED) is 0.235. The first-order valence-corrected chi connectivity index (χ1v) is 14.3. The summed E-state index contributed by atoms with van der Waals surface area (Å²) >= 11 is 0. The largest absolute Gasteiger partial charge is 0.359 e.